The van der Waals surface area contributed by atoms with E-state index in [9.17, 15) is 0 Å². The minimum atomic E-state index is 0.105. The van der Waals surface area contributed by atoms with Gasteiger partial charge in [-0.25, -0.2) is 0 Å². The molecule has 0 amide bonds. The van der Waals surface area contributed by atoms with Gasteiger partial charge in [0.25, 0.3) is 0 Å². The fraction of sp³-hybridized carbons (Fsp3) is 0.588. The lowest BCUT2D eigenvalue weighted by Crippen LogP contribution is -2.33. The molecule has 0 heterocycles. The van der Waals surface area contributed by atoms with E-state index in [1.54, 1.807) is 0 Å². The molecular formula is C17H30N2. The van der Waals surface area contributed by atoms with Gasteiger partial charge in [-0.2, -0.15) is 0 Å². The zero-order chi connectivity index (χ0) is 14.3. The van der Waals surface area contributed by atoms with E-state index in [1.807, 2.05) is 24.4 Å². The minimum Gasteiger partial charge on any atom is -0.326 e. The molecule has 0 saturated heterocycles. The maximum absolute atomic E-state index is 6.15. The van der Waals surface area contributed by atoms with Crippen LogP contribution in [0.2, 0.25) is 0 Å². The van der Waals surface area contributed by atoms with Crippen molar-refractivity contribution in [2.24, 2.45) is 10.7 Å². The number of allylic oxidation sites excluding steroid dienone is 2. The molecule has 2 atom stereocenters. The second-order valence-corrected chi connectivity index (χ2v) is 4.88. The van der Waals surface area contributed by atoms with Gasteiger partial charge in [-0.1, -0.05) is 24.6 Å². The predicted octanol–water partition coefficient (Wildman–Crippen LogP) is 4.43. The van der Waals surface area contributed by atoms with Gasteiger partial charge in [0.1, 0.15) is 0 Å². The van der Waals surface area contributed by atoms with Gasteiger partial charge in [-0.15, -0.1) is 19.7 Å². The average molecular weight is 262 g/mol. The van der Waals surface area contributed by atoms with Crippen molar-refractivity contribution in [1.82, 2.24) is 0 Å². The Balaban J connectivity index is 3.93. The van der Waals surface area contributed by atoms with Crippen molar-refractivity contribution < 1.29 is 0 Å². The predicted molar refractivity (Wildman–Crippen MR) is 87.8 cm³/mol. The molecule has 0 aliphatic rings. The summed E-state index contributed by atoms with van der Waals surface area (Å²) < 4.78 is 0. The van der Waals surface area contributed by atoms with Gasteiger partial charge in [0.15, 0.2) is 0 Å². The molecule has 2 nitrogen and oxygen atoms in total. The highest BCUT2D eigenvalue weighted by Gasteiger charge is 2.13. The summed E-state index contributed by atoms with van der Waals surface area (Å²) in [4.78, 5) is 4.61. The summed E-state index contributed by atoms with van der Waals surface area (Å²) in [5, 5.41) is 0. The Kier molecular flexibility index (Phi) is 12.5. The largest absolute Gasteiger partial charge is 0.326 e. The van der Waals surface area contributed by atoms with Crippen LogP contribution in [0, 0.1) is 0 Å². The maximum Gasteiger partial charge on any atom is 0.0680 e. The number of hydrogen-bond acceptors (Lipinski definition) is 2. The Hall–Kier alpha value is -1.15. The van der Waals surface area contributed by atoms with E-state index in [-0.39, 0.29) is 12.1 Å². The molecular weight excluding hydrogens is 232 g/mol. The number of hydrogen-bond donors (Lipinski definition) is 1. The first-order valence-corrected chi connectivity index (χ1v) is 7.36. The molecule has 0 aliphatic heterocycles. The Labute approximate surface area is 119 Å². The molecule has 108 valence electrons. The summed E-state index contributed by atoms with van der Waals surface area (Å²) in [6.07, 6.45) is 16.4. The van der Waals surface area contributed by atoms with Gasteiger partial charge in [0, 0.05) is 6.04 Å². The van der Waals surface area contributed by atoms with Crippen LogP contribution in [-0.4, -0.2) is 18.3 Å². The van der Waals surface area contributed by atoms with Crippen LogP contribution in [0.4, 0.5) is 0 Å². The third-order valence-electron chi connectivity index (χ3n) is 3.14. The monoisotopic (exact) mass is 262 g/mol. The Morgan fingerprint density at radius 3 is 2.21 bits per heavy atom. The summed E-state index contributed by atoms with van der Waals surface area (Å²) in [5.74, 6) is 0. The second-order valence-electron chi connectivity index (χ2n) is 4.88. The van der Waals surface area contributed by atoms with Crippen LogP contribution in [0.5, 0.6) is 0 Å². The third-order valence-corrected chi connectivity index (χ3v) is 3.14. The molecule has 0 aromatic rings. The highest BCUT2D eigenvalue weighted by Crippen LogP contribution is 2.09. The van der Waals surface area contributed by atoms with Crippen LogP contribution in [0.1, 0.15) is 51.4 Å². The van der Waals surface area contributed by atoms with E-state index < -0.39 is 0 Å². The lowest BCUT2D eigenvalue weighted by atomic mass is 10.0. The molecule has 0 aromatic heterocycles. The Morgan fingerprint density at radius 2 is 1.58 bits per heavy atom. The van der Waals surface area contributed by atoms with Crippen LogP contribution in [0.25, 0.3) is 0 Å². The highest BCUT2D eigenvalue weighted by molar-refractivity contribution is 5.57. The normalized spacial score (nSPS) is 14.2. The second kappa shape index (κ2) is 13.3. The van der Waals surface area contributed by atoms with Crippen LogP contribution >= 0.6 is 0 Å². The van der Waals surface area contributed by atoms with Crippen LogP contribution in [0.3, 0.4) is 0 Å². The molecule has 0 fully saturated rings. The first-order valence-electron chi connectivity index (χ1n) is 7.36. The standard InChI is InChI=1S/C17H30N2/c1-4-7-9-10-11-12-15-19-17(13-6-3)16(18)14-8-5-2/h4-6,15-17H,1-3,7-14,18H2. The number of unbranched alkanes of at least 4 members (excludes halogenated alkanes) is 4. The van der Waals surface area contributed by atoms with Crippen molar-refractivity contribution in [2.75, 3.05) is 0 Å². The first-order chi connectivity index (χ1) is 9.26. The fourth-order valence-corrected chi connectivity index (χ4v) is 1.93. The number of nitrogens with zero attached hydrogens (tertiary/aromatic N) is 1. The van der Waals surface area contributed by atoms with Gasteiger partial charge in [-0.05, 0) is 51.2 Å². The number of aliphatic imine (C=N–C) groups is 1. The van der Waals surface area contributed by atoms with Crippen LogP contribution in [0.15, 0.2) is 43.0 Å². The summed E-state index contributed by atoms with van der Waals surface area (Å²) in [5.41, 5.74) is 6.15. The average Bonchev–Trinajstić information content (AvgIpc) is 2.42. The van der Waals surface area contributed by atoms with Gasteiger partial charge < -0.3 is 5.73 Å². The molecule has 0 saturated carbocycles. The van der Waals surface area contributed by atoms with Crippen LogP contribution in [-0.2, 0) is 0 Å². The summed E-state index contributed by atoms with van der Waals surface area (Å²) in [7, 11) is 0. The van der Waals surface area contributed by atoms with E-state index in [0.29, 0.717) is 0 Å². The maximum atomic E-state index is 6.15. The van der Waals surface area contributed by atoms with Crippen molar-refractivity contribution in [3.05, 3.63) is 38.0 Å². The van der Waals surface area contributed by atoms with E-state index in [4.69, 9.17) is 5.73 Å². The van der Waals surface area contributed by atoms with Crippen molar-refractivity contribution in [3.63, 3.8) is 0 Å². The summed E-state index contributed by atoms with van der Waals surface area (Å²) in [6.45, 7) is 11.2. The van der Waals surface area contributed by atoms with E-state index in [1.165, 1.54) is 19.3 Å². The van der Waals surface area contributed by atoms with Gasteiger partial charge >= 0.3 is 0 Å². The highest BCUT2D eigenvalue weighted by atomic mass is 14.8. The summed E-state index contributed by atoms with van der Waals surface area (Å²) >= 11 is 0. The SMILES string of the molecule is C=CCCCCCC=NC(CC=C)C(N)CCC=C. The molecule has 19 heavy (non-hydrogen) atoms. The molecule has 0 rings (SSSR count). The number of nitrogens with two attached hydrogens (primary N) is 1. The van der Waals surface area contributed by atoms with Crippen LogP contribution < -0.4 is 5.73 Å². The quantitative estimate of drug-likeness (QED) is 0.297. The van der Waals surface area contributed by atoms with Crippen molar-refractivity contribution in [1.29, 1.82) is 0 Å². The third kappa shape index (κ3) is 10.5. The molecule has 0 radical (unpaired) electrons. The van der Waals surface area contributed by atoms with Gasteiger partial charge in [-0.3, -0.25) is 4.99 Å². The number of rotatable bonds is 13. The molecule has 0 aliphatic carbocycles. The molecule has 2 N–H and O–H groups in total. The fourth-order valence-electron chi connectivity index (χ4n) is 1.93. The van der Waals surface area contributed by atoms with E-state index in [2.05, 4.69) is 24.7 Å². The van der Waals surface area contributed by atoms with Gasteiger partial charge in [0.05, 0.1) is 6.04 Å². The van der Waals surface area contributed by atoms with Crippen molar-refractivity contribution in [3.8, 4) is 0 Å². The minimum absolute atomic E-state index is 0.105. The summed E-state index contributed by atoms with van der Waals surface area (Å²) in [6, 6.07) is 0.277. The zero-order valence-electron chi connectivity index (χ0n) is 12.3. The topological polar surface area (TPSA) is 38.4 Å². The lowest BCUT2D eigenvalue weighted by Gasteiger charge is -2.18. The molecule has 2 heteroatoms. The molecule has 2 unspecified atom stereocenters. The van der Waals surface area contributed by atoms with E-state index in [0.717, 1.165) is 32.1 Å². The first kappa shape index (κ1) is 17.8. The van der Waals surface area contributed by atoms with Gasteiger partial charge in [0.2, 0.25) is 0 Å². The molecule has 0 spiro atoms. The van der Waals surface area contributed by atoms with Crippen molar-refractivity contribution >= 4 is 6.21 Å². The smallest absolute Gasteiger partial charge is 0.0680 e. The lowest BCUT2D eigenvalue weighted by molar-refractivity contribution is 0.504. The van der Waals surface area contributed by atoms with E-state index >= 15 is 0 Å². The molecule has 0 aromatic carbocycles. The van der Waals surface area contributed by atoms with Crippen molar-refractivity contribution in [2.45, 2.75) is 63.5 Å². The zero-order valence-corrected chi connectivity index (χ0v) is 12.3. The molecule has 0 bridgehead atoms. The Morgan fingerprint density at radius 1 is 0.895 bits per heavy atom. The Bertz CT molecular complexity index is 268.